The fourth-order valence-corrected chi connectivity index (χ4v) is 2.94. The molecule has 0 saturated heterocycles. The minimum Gasteiger partial charge on any atom is -0.356 e. The van der Waals surface area contributed by atoms with Crippen molar-refractivity contribution in [3.63, 3.8) is 0 Å². The first-order chi connectivity index (χ1) is 9.40. The first-order valence-corrected chi connectivity index (χ1v) is 7.66. The van der Waals surface area contributed by atoms with Gasteiger partial charge in [-0.25, -0.2) is 13.1 Å². The zero-order valence-corrected chi connectivity index (χ0v) is 12.3. The van der Waals surface area contributed by atoms with Crippen LogP contribution in [0.3, 0.4) is 0 Å². The van der Waals surface area contributed by atoms with Crippen molar-refractivity contribution in [3.05, 3.63) is 29.3 Å². The lowest BCUT2D eigenvalue weighted by Crippen LogP contribution is -2.31. The SMILES string of the molecule is CCNC(=O)CCNS(=O)(=O)c1ccc(C#N)cc1C. The van der Waals surface area contributed by atoms with Gasteiger partial charge >= 0.3 is 0 Å². The largest absolute Gasteiger partial charge is 0.356 e. The number of rotatable bonds is 6. The lowest BCUT2D eigenvalue weighted by molar-refractivity contribution is -0.120. The first-order valence-electron chi connectivity index (χ1n) is 6.18. The molecule has 0 aliphatic heterocycles. The predicted molar refractivity (Wildman–Crippen MR) is 74.4 cm³/mol. The fourth-order valence-electron chi connectivity index (χ4n) is 1.68. The summed E-state index contributed by atoms with van der Waals surface area (Å²) in [4.78, 5) is 11.4. The second kappa shape index (κ2) is 7.03. The van der Waals surface area contributed by atoms with Gasteiger partial charge in [-0.05, 0) is 37.6 Å². The topological polar surface area (TPSA) is 99.1 Å². The number of nitriles is 1. The van der Waals surface area contributed by atoms with Crippen molar-refractivity contribution in [1.29, 1.82) is 5.26 Å². The van der Waals surface area contributed by atoms with Gasteiger partial charge in [-0.1, -0.05) is 0 Å². The van der Waals surface area contributed by atoms with E-state index in [0.29, 0.717) is 17.7 Å². The summed E-state index contributed by atoms with van der Waals surface area (Å²) in [5, 5.41) is 11.3. The molecule has 0 radical (unpaired) electrons. The summed E-state index contributed by atoms with van der Waals surface area (Å²) in [5.74, 6) is -0.202. The average Bonchev–Trinajstić information content (AvgIpc) is 2.38. The summed E-state index contributed by atoms with van der Waals surface area (Å²) in [6.45, 7) is 3.97. The Bertz CT molecular complexity index is 633. The van der Waals surface area contributed by atoms with Crippen LogP contribution in [0.2, 0.25) is 0 Å². The first kappa shape index (κ1) is 16.1. The molecule has 1 rings (SSSR count). The van der Waals surface area contributed by atoms with E-state index in [-0.39, 0.29) is 23.8 Å². The number of hydrogen-bond acceptors (Lipinski definition) is 4. The highest BCUT2D eigenvalue weighted by Gasteiger charge is 2.16. The van der Waals surface area contributed by atoms with Crippen LogP contribution in [0, 0.1) is 18.3 Å². The van der Waals surface area contributed by atoms with Crippen LogP contribution in [0.1, 0.15) is 24.5 Å². The Labute approximate surface area is 118 Å². The Hall–Kier alpha value is -1.91. The molecule has 108 valence electrons. The molecule has 0 bridgehead atoms. The highest BCUT2D eigenvalue weighted by atomic mass is 32.2. The number of carbonyl (C=O) groups excluding carboxylic acids is 1. The summed E-state index contributed by atoms with van der Waals surface area (Å²) >= 11 is 0. The van der Waals surface area contributed by atoms with Crippen molar-refractivity contribution in [2.75, 3.05) is 13.1 Å². The third kappa shape index (κ3) is 4.33. The van der Waals surface area contributed by atoms with Gasteiger partial charge in [0.1, 0.15) is 0 Å². The lowest BCUT2D eigenvalue weighted by atomic mass is 10.2. The highest BCUT2D eigenvalue weighted by Crippen LogP contribution is 2.16. The van der Waals surface area contributed by atoms with Crippen LogP contribution in [-0.4, -0.2) is 27.4 Å². The van der Waals surface area contributed by atoms with Crippen LogP contribution < -0.4 is 10.0 Å². The van der Waals surface area contributed by atoms with Gasteiger partial charge in [-0.15, -0.1) is 0 Å². The van der Waals surface area contributed by atoms with Gasteiger partial charge < -0.3 is 5.32 Å². The molecule has 6 nitrogen and oxygen atoms in total. The van der Waals surface area contributed by atoms with Gasteiger partial charge in [0.25, 0.3) is 0 Å². The quantitative estimate of drug-likeness (QED) is 0.805. The molecule has 20 heavy (non-hydrogen) atoms. The smallest absolute Gasteiger partial charge is 0.240 e. The molecule has 0 aromatic heterocycles. The number of carbonyl (C=O) groups is 1. The van der Waals surface area contributed by atoms with Crippen LogP contribution in [0.15, 0.2) is 23.1 Å². The predicted octanol–water partition coefficient (Wildman–Crippen LogP) is 0.671. The summed E-state index contributed by atoms with van der Waals surface area (Å²) < 4.78 is 26.5. The standard InChI is InChI=1S/C13H17N3O3S/c1-3-15-13(17)6-7-16-20(18,19)12-5-4-11(9-14)8-10(12)2/h4-5,8,16H,3,6-7H2,1-2H3,(H,15,17). The molecule has 1 aromatic rings. The minimum atomic E-state index is -3.67. The van der Waals surface area contributed by atoms with Crippen LogP contribution in [0.5, 0.6) is 0 Å². The summed E-state index contributed by atoms with van der Waals surface area (Å²) in [5.41, 5.74) is 0.901. The van der Waals surface area contributed by atoms with E-state index in [4.69, 9.17) is 5.26 Å². The Kier molecular flexibility index (Phi) is 5.67. The maximum absolute atomic E-state index is 12.1. The van der Waals surface area contributed by atoms with E-state index in [2.05, 4.69) is 10.0 Å². The van der Waals surface area contributed by atoms with Gasteiger partial charge in [-0.3, -0.25) is 4.79 Å². The monoisotopic (exact) mass is 295 g/mol. The summed E-state index contributed by atoms with van der Waals surface area (Å²) in [7, 11) is -3.67. The van der Waals surface area contributed by atoms with Crippen LogP contribution in [0.25, 0.3) is 0 Å². The van der Waals surface area contributed by atoms with Crippen LogP contribution in [-0.2, 0) is 14.8 Å². The molecule has 1 amide bonds. The molecule has 0 spiro atoms. The highest BCUT2D eigenvalue weighted by molar-refractivity contribution is 7.89. The number of nitrogens with zero attached hydrogens (tertiary/aromatic N) is 1. The minimum absolute atomic E-state index is 0.0353. The number of amides is 1. The molecule has 2 N–H and O–H groups in total. The molecule has 7 heteroatoms. The molecule has 0 atom stereocenters. The number of aryl methyl sites for hydroxylation is 1. The summed E-state index contributed by atoms with van der Waals surface area (Å²) in [6, 6.07) is 6.30. The molecular weight excluding hydrogens is 278 g/mol. The molecule has 0 fully saturated rings. The Balaban J connectivity index is 2.75. The molecule has 0 aliphatic rings. The van der Waals surface area contributed by atoms with Crippen molar-refractivity contribution >= 4 is 15.9 Å². The normalized spacial score (nSPS) is 10.8. The van der Waals surface area contributed by atoms with E-state index >= 15 is 0 Å². The van der Waals surface area contributed by atoms with Crippen LogP contribution >= 0.6 is 0 Å². The lowest BCUT2D eigenvalue weighted by Gasteiger charge is -2.09. The van der Waals surface area contributed by atoms with Gasteiger partial charge in [0.05, 0.1) is 16.5 Å². The third-order valence-corrected chi connectivity index (χ3v) is 4.23. The van der Waals surface area contributed by atoms with E-state index in [0.717, 1.165) is 0 Å². The molecular formula is C13H17N3O3S. The number of sulfonamides is 1. The molecule has 0 saturated carbocycles. The fraction of sp³-hybridized carbons (Fsp3) is 0.385. The van der Waals surface area contributed by atoms with Crippen molar-refractivity contribution in [1.82, 2.24) is 10.0 Å². The maximum Gasteiger partial charge on any atom is 0.240 e. The van der Waals surface area contributed by atoms with Crippen molar-refractivity contribution < 1.29 is 13.2 Å². The molecule has 0 heterocycles. The zero-order valence-electron chi connectivity index (χ0n) is 11.4. The number of nitrogens with one attached hydrogen (secondary N) is 2. The van der Waals surface area contributed by atoms with E-state index in [9.17, 15) is 13.2 Å². The number of hydrogen-bond donors (Lipinski definition) is 2. The molecule has 1 aromatic carbocycles. The van der Waals surface area contributed by atoms with E-state index in [1.165, 1.54) is 18.2 Å². The second-order valence-corrected chi connectivity index (χ2v) is 5.93. The average molecular weight is 295 g/mol. The zero-order chi connectivity index (χ0) is 15.2. The third-order valence-electron chi connectivity index (χ3n) is 2.61. The van der Waals surface area contributed by atoms with Crippen LogP contribution in [0.4, 0.5) is 0 Å². The molecule has 0 aliphatic carbocycles. The number of benzene rings is 1. The van der Waals surface area contributed by atoms with E-state index in [1.807, 2.05) is 6.07 Å². The molecule has 0 unspecified atom stereocenters. The maximum atomic E-state index is 12.1. The van der Waals surface area contributed by atoms with Gasteiger partial charge in [0.2, 0.25) is 15.9 Å². The Morgan fingerprint density at radius 2 is 2.10 bits per heavy atom. The van der Waals surface area contributed by atoms with E-state index < -0.39 is 10.0 Å². The van der Waals surface area contributed by atoms with E-state index in [1.54, 1.807) is 13.8 Å². The second-order valence-electron chi connectivity index (χ2n) is 4.19. The van der Waals surface area contributed by atoms with Gasteiger partial charge in [0, 0.05) is 19.5 Å². The van der Waals surface area contributed by atoms with Gasteiger partial charge in [0.15, 0.2) is 0 Å². The summed E-state index contributed by atoms with van der Waals surface area (Å²) in [6.07, 6.45) is 0.0857. The Morgan fingerprint density at radius 1 is 1.40 bits per heavy atom. The van der Waals surface area contributed by atoms with Crippen molar-refractivity contribution in [2.45, 2.75) is 25.2 Å². The Morgan fingerprint density at radius 3 is 2.65 bits per heavy atom. The van der Waals surface area contributed by atoms with Crippen molar-refractivity contribution in [2.24, 2.45) is 0 Å². The van der Waals surface area contributed by atoms with Crippen molar-refractivity contribution in [3.8, 4) is 6.07 Å². The van der Waals surface area contributed by atoms with Gasteiger partial charge in [-0.2, -0.15) is 5.26 Å².